The molecule has 144 valence electrons. The first-order valence-electron chi connectivity index (χ1n) is 9.45. The smallest absolute Gasteiger partial charge is 0.223 e. The van der Waals surface area contributed by atoms with Crippen molar-refractivity contribution in [3.8, 4) is 0 Å². The Kier molecular flexibility index (Phi) is 6.87. The lowest BCUT2D eigenvalue weighted by molar-refractivity contribution is -0.127. The lowest BCUT2D eigenvalue weighted by atomic mass is 10.1. The third kappa shape index (κ3) is 5.57. The highest BCUT2D eigenvalue weighted by Crippen LogP contribution is 2.18. The summed E-state index contributed by atoms with van der Waals surface area (Å²) in [6.45, 7) is 5.27. The summed E-state index contributed by atoms with van der Waals surface area (Å²) >= 11 is 1.75. The van der Waals surface area contributed by atoms with Crippen molar-refractivity contribution in [2.75, 3.05) is 26.7 Å². The van der Waals surface area contributed by atoms with E-state index in [-0.39, 0.29) is 5.91 Å². The van der Waals surface area contributed by atoms with E-state index in [4.69, 9.17) is 0 Å². The number of likely N-dealkylation sites (tertiary alicyclic amines) is 1. The quantitative estimate of drug-likeness (QED) is 0.570. The minimum absolute atomic E-state index is 0.259. The fraction of sp³-hybridized carbons (Fsp3) is 0.429. The Morgan fingerprint density at radius 2 is 2.07 bits per heavy atom. The van der Waals surface area contributed by atoms with Gasteiger partial charge in [-0.2, -0.15) is 0 Å². The van der Waals surface area contributed by atoms with Crippen molar-refractivity contribution >= 4 is 23.2 Å². The summed E-state index contributed by atoms with van der Waals surface area (Å²) in [5.74, 6) is 1.38. The number of nitrogens with one attached hydrogen (secondary N) is 2. The van der Waals surface area contributed by atoms with Crippen molar-refractivity contribution in [1.29, 1.82) is 0 Å². The lowest BCUT2D eigenvalue weighted by Crippen LogP contribution is -2.40. The number of carbonyl (C=O) groups excluding carboxylic acids is 1. The Morgan fingerprint density at radius 3 is 2.78 bits per heavy atom. The average molecular weight is 385 g/mol. The second-order valence-electron chi connectivity index (χ2n) is 6.98. The van der Waals surface area contributed by atoms with Gasteiger partial charge in [0.25, 0.3) is 0 Å². The number of nitrogens with zero attached hydrogens (tertiary/aromatic N) is 2. The second kappa shape index (κ2) is 9.55. The molecule has 1 amide bonds. The van der Waals surface area contributed by atoms with E-state index in [0.717, 1.165) is 38.6 Å². The first-order valence-corrected chi connectivity index (χ1v) is 10.3. The van der Waals surface area contributed by atoms with Crippen LogP contribution < -0.4 is 10.6 Å². The van der Waals surface area contributed by atoms with E-state index in [1.807, 2.05) is 23.1 Å². The number of aryl methyl sites for hydroxylation is 1. The SMILES string of the molecule is CN=C(NCc1sccc1C)NCC1CC(=O)N(CCc2ccccc2)C1. The summed E-state index contributed by atoms with van der Waals surface area (Å²) in [4.78, 5) is 19.9. The Morgan fingerprint density at radius 1 is 1.26 bits per heavy atom. The van der Waals surface area contributed by atoms with Crippen LogP contribution in [0.1, 0.15) is 22.4 Å². The lowest BCUT2D eigenvalue weighted by Gasteiger charge is -2.18. The molecule has 2 heterocycles. The van der Waals surface area contributed by atoms with Gasteiger partial charge in [0.05, 0.1) is 6.54 Å². The standard InChI is InChI=1S/C21H28N4OS/c1-16-9-11-27-19(16)14-24-21(22-2)23-13-18-12-20(26)25(15-18)10-8-17-6-4-3-5-7-17/h3-7,9,11,18H,8,10,12-15H2,1-2H3,(H2,22,23,24). The first-order chi connectivity index (χ1) is 13.2. The van der Waals surface area contributed by atoms with Crippen LogP contribution in [0.4, 0.5) is 0 Å². The van der Waals surface area contributed by atoms with Crippen molar-refractivity contribution in [1.82, 2.24) is 15.5 Å². The van der Waals surface area contributed by atoms with Crippen molar-refractivity contribution in [2.45, 2.75) is 26.3 Å². The zero-order valence-corrected chi connectivity index (χ0v) is 16.9. The van der Waals surface area contributed by atoms with Crippen LogP contribution in [0.5, 0.6) is 0 Å². The number of hydrogen-bond donors (Lipinski definition) is 2. The Labute approximate surface area is 165 Å². The Hall–Kier alpha value is -2.34. The van der Waals surface area contributed by atoms with E-state index in [2.05, 4.69) is 46.1 Å². The number of benzene rings is 1. The van der Waals surface area contributed by atoms with Gasteiger partial charge in [-0.05, 0) is 35.9 Å². The number of guanidine groups is 1. The fourth-order valence-corrected chi connectivity index (χ4v) is 4.17. The minimum Gasteiger partial charge on any atom is -0.356 e. The number of thiophene rings is 1. The maximum Gasteiger partial charge on any atom is 0.223 e. The van der Waals surface area contributed by atoms with Crippen LogP contribution in [0.15, 0.2) is 46.8 Å². The van der Waals surface area contributed by atoms with E-state index < -0.39 is 0 Å². The van der Waals surface area contributed by atoms with E-state index >= 15 is 0 Å². The van der Waals surface area contributed by atoms with Gasteiger partial charge in [-0.25, -0.2) is 0 Å². The third-order valence-corrected chi connectivity index (χ3v) is 6.00. The van der Waals surface area contributed by atoms with E-state index in [9.17, 15) is 4.79 Å². The summed E-state index contributed by atoms with van der Waals surface area (Å²) in [5.41, 5.74) is 2.58. The van der Waals surface area contributed by atoms with Crippen molar-refractivity contribution in [3.63, 3.8) is 0 Å². The van der Waals surface area contributed by atoms with Gasteiger partial charge in [-0.1, -0.05) is 30.3 Å². The van der Waals surface area contributed by atoms with Crippen LogP contribution in [-0.2, 0) is 17.8 Å². The van der Waals surface area contributed by atoms with Gasteiger partial charge in [-0.3, -0.25) is 9.79 Å². The monoisotopic (exact) mass is 384 g/mol. The molecule has 1 aliphatic heterocycles. The molecule has 27 heavy (non-hydrogen) atoms. The minimum atomic E-state index is 0.259. The molecule has 0 aliphatic carbocycles. The molecule has 0 spiro atoms. The van der Waals surface area contributed by atoms with Gasteiger partial charge >= 0.3 is 0 Å². The molecule has 1 saturated heterocycles. The molecule has 1 unspecified atom stereocenters. The molecule has 0 radical (unpaired) electrons. The zero-order valence-electron chi connectivity index (χ0n) is 16.1. The molecule has 1 aliphatic rings. The Bertz CT molecular complexity index is 771. The molecule has 1 aromatic carbocycles. The van der Waals surface area contributed by atoms with Crippen LogP contribution in [-0.4, -0.2) is 43.4 Å². The van der Waals surface area contributed by atoms with Crippen LogP contribution in [0.3, 0.4) is 0 Å². The van der Waals surface area contributed by atoms with Gasteiger partial charge < -0.3 is 15.5 Å². The van der Waals surface area contributed by atoms with Gasteiger partial charge in [0.1, 0.15) is 0 Å². The molecule has 6 heteroatoms. The molecule has 3 rings (SSSR count). The molecular weight excluding hydrogens is 356 g/mol. The Balaban J connectivity index is 1.41. The van der Waals surface area contributed by atoms with Gasteiger partial charge in [-0.15, -0.1) is 11.3 Å². The molecule has 1 atom stereocenters. The number of hydrogen-bond acceptors (Lipinski definition) is 3. The van der Waals surface area contributed by atoms with Crippen LogP contribution >= 0.6 is 11.3 Å². The number of aliphatic imine (C=N–C) groups is 1. The van der Waals surface area contributed by atoms with Crippen molar-refractivity contribution < 1.29 is 4.79 Å². The molecule has 5 nitrogen and oxygen atoms in total. The first kappa shape index (κ1) is 19.4. The molecule has 0 saturated carbocycles. The summed E-state index contributed by atoms with van der Waals surface area (Å²) < 4.78 is 0. The summed E-state index contributed by atoms with van der Waals surface area (Å²) in [7, 11) is 1.78. The van der Waals surface area contributed by atoms with Gasteiger partial charge in [0, 0.05) is 43.9 Å². The van der Waals surface area contributed by atoms with Crippen molar-refractivity contribution in [2.24, 2.45) is 10.9 Å². The van der Waals surface area contributed by atoms with E-state index in [1.165, 1.54) is 16.0 Å². The number of amides is 1. The molecule has 1 aromatic heterocycles. The number of rotatable bonds is 7. The average Bonchev–Trinajstić information content (AvgIpc) is 3.26. The van der Waals surface area contributed by atoms with Crippen LogP contribution in [0.2, 0.25) is 0 Å². The second-order valence-corrected chi connectivity index (χ2v) is 7.98. The highest BCUT2D eigenvalue weighted by atomic mass is 32.1. The highest BCUT2D eigenvalue weighted by molar-refractivity contribution is 7.10. The summed E-state index contributed by atoms with van der Waals surface area (Å²) in [6, 6.07) is 12.5. The zero-order chi connectivity index (χ0) is 19.1. The molecular formula is C21H28N4OS. The topological polar surface area (TPSA) is 56.7 Å². The molecule has 2 N–H and O–H groups in total. The van der Waals surface area contributed by atoms with Crippen LogP contribution in [0, 0.1) is 12.8 Å². The predicted molar refractivity (Wildman–Crippen MR) is 112 cm³/mol. The highest BCUT2D eigenvalue weighted by Gasteiger charge is 2.29. The summed E-state index contributed by atoms with van der Waals surface area (Å²) in [6.07, 6.45) is 1.53. The maximum atomic E-state index is 12.3. The fourth-order valence-electron chi connectivity index (χ4n) is 3.33. The summed E-state index contributed by atoms with van der Waals surface area (Å²) in [5, 5.41) is 8.84. The van der Waals surface area contributed by atoms with E-state index in [0.29, 0.717) is 12.3 Å². The van der Waals surface area contributed by atoms with Crippen LogP contribution in [0.25, 0.3) is 0 Å². The normalized spacial score (nSPS) is 17.4. The largest absolute Gasteiger partial charge is 0.356 e. The van der Waals surface area contributed by atoms with E-state index in [1.54, 1.807) is 18.4 Å². The van der Waals surface area contributed by atoms with Gasteiger partial charge in [0.2, 0.25) is 5.91 Å². The maximum absolute atomic E-state index is 12.3. The third-order valence-electron chi connectivity index (χ3n) is 4.97. The molecule has 1 fully saturated rings. The molecule has 2 aromatic rings. The number of carbonyl (C=O) groups is 1. The molecule has 0 bridgehead atoms. The predicted octanol–water partition coefficient (Wildman–Crippen LogP) is 2.81. The van der Waals surface area contributed by atoms with Gasteiger partial charge in [0.15, 0.2) is 5.96 Å². The van der Waals surface area contributed by atoms with Crippen molar-refractivity contribution in [3.05, 3.63) is 57.8 Å².